The van der Waals surface area contributed by atoms with Gasteiger partial charge in [-0.05, 0) is 46.6 Å². The highest BCUT2D eigenvalue weighted by Gasteiger charge is 2.51. The van der Waals surface area contributed by atoms with Crippen molar-refractivity contribution in [3.8, 4) is 5.75 Å². The Morgan fingerprint density at radius 2 is 2.05 bits per heavy atom. The summed E-state index contributed by atoms with van der Waals surface area (Å²) in [5.74, 6) is 0.748. The van der Waals surface area contributed by atoms with Crippen molar-refractivity contribution in [1.82, 2.24) is 4.90 Å². The Hall–Kier alpha value is -1.52. The highest BCUT2D eigenvalue weighted by atomic mass is 79.9. The van der Waals surface area contributed by atoms with Crippen molar-refractivity contribution in [2.75, 3.05) is 6.73 Å². The summed E-state index contributed by atoms with van der Waals surface area (Å²) >= 11 is 9.70. The van der Waals surface area contributed by atoms with E-state index in [1.807, 2.05) is 43.3 Å². The Bertz CT molecular complexity index is 792. The first-order valence-electron chi connectivity index (χ1n) is 6.57. The summed E-state index contributed by atoms with van der Waals surface area (Å²) < 4.78 is 6.60. The Morgan fingerprint density at radius 3 is 2.86 bits per heavy atom. The van der Waals surface area contributed by atoms with Crippen LogP contribution in [0.5, 0.6) is 5.75 Å². The molecule has 0 saturated heterocycles. The maximum atomic E-state index is 12.6. The number of amides is 1. The van der Waals surface area contributed by atoms with Crippen molar-refractivity contribution >= 4 is 33.4 Å². The number of ether oxygens (including phenoxy) is 1. The molecule has 0 bridgehead atoms. The second kappa shape index (κ2) is 4.24. The number of nitrogens with zero attached hydrogens (tertiary/aromatic N) is 1. The number of carbonyl (C=O) groups is 1. The van der Waals surface area contributed by atoms with Crippen molar-refractivity contribution in [2.45, 2.75) is 12.5 Å². The fraction of sp³-hybridized carbons (Fsp3) is 0.188. The molecule has 21 heavy (non-hydrogen) atoms. The van der Waals surface area contributed by atoms with E-state index in [0.29, 0.717) is 5.02 Å². The van der Waals surface area contributed by atoms with Gasteiger partial charge < -0.3 is 4.74 Å². The molecule has 0 spiro atoms. The number of benzene rings is 2. The van der Waals surface area contributed by atoms with Gasteiger partial charge in [0.25, 0.3) is 5.91 Å². The van der Waals surface area contributed by atoms with E-state index in [2.05, 4.69) is 15.9 Å². The molecule has 2 aromatic carbocycles. The lowest BCUT2D eigenvalue weighted by atomic mass is 9.83. The van der Waals surface area contributed by atoms with Crippen molar-refractivity contribution in [3.05, 3.63) is 62.6 Å². The minimum absolute atomic E-state index is 0.00477. The monoisotopic (exact) mass is 363 g/mol. The van der Waals surface area contributed by atoms with Gasteiger partial charge in [-0.2, -0.15) is 0 Å². The largest absolute Gasteiger partial charge is 0.471 e. The Labute approximate surface area is 135 Å². The number of hydrogen-bond donors (Lipinski definition) is 0. The minimum Gasteiger partial charge on any atom is -0.471 e. The molecule has 0 aromatic heterocycles. The second-order valence-corrected chi connectivity index (χ2v) is 6.68. The normalized spacial score (nSPS) is 22.4. The first-order valence-corrected chi connectivity index (χ1v) is 7.74. The Balaban J connectivity index is 2.07. The van der Waals surface area contributed by atoms with Gasteiger partial charge in [0.1, 0.15) is 5.75 Å². The molecular weight excluding hydrogens is 354 g/mol. The number of fused-ring (bicyclic) bond motifs is 5. The summed E-state index contributed by atoms with van der Waals surface area (Å²) in [6.07, 6.45) is 0. The maximum Gasteiger partial charge on any atom is 0.257 e. The molecule has 0 saturated carbocycles. The van der Waals surface area contributed by atoms with E-state index in [4.69, 9.17) is 16.3 Å². The van der Waals surface area contributed by atoms with Gasteiger partial charge >= 0.3 is 0 Å². The van der Waals surface area contributed by atoms with Crippen LogP contribution in [0.2, 0.25) is 5.02 Å². The van der Waals surface area contributed by atoms with Crippen LogP contribution >= 0.6 is 27.5 Å². The van der Waals surface area contributed by atoms with Crippen LogP contribution in [0.25, 0.3) is 0 Å². The Morgan fingerprint density at radius 1 is 1.29 bits per heavy atom. The van der Waals surface area contributed by atoms with E-state index in [-0.39, 0.29) is 12.6 Å². The molecule has 2 aromatic rings. The van der Waals surface area contributed by atoms with Crippen LogP contribution in [0.1, 0.15) is 28.4 Å². The van der Waals surface area contributed by atoms with E-state index in [9.17, 15) is 4.79 Å². The highest BCUT2D eigenvalue weighted by molar-refractivity contribution is 9.10. The molecule has 0 fully saturated rings. The molecule has 1 amide bonds. The van der Waals surface area contributed by atoms with Gasteiger partial charge in [0.2, 0.25) is 0 Å². The summed E-state index contributed by atoms with van der Waals surface area (Å²) in [4.78, 5) is 14.4. The van der Waals surface area contributed by atoms with Crippen molar-refractivity contribution in [1.29, 1.82) is 0 Å². The van der Waals surface area contributed by atoms with Crippen molar-refractivity contribution in [3.63, 3.8) is 0 Å². The molecule has 2 aliphatic rings. The SMILES string of the molecule is CC12c3ccccc3C(=O)N1COc1c(Br)cc(Cl)cc12. The quantitative estimate of drug-likeness (QED) is 0.702. The lowest BCUT2D eigenvalue weighted by Crippen LogP contribution is -2.47. The molecule has 2 aliphatic heterocycles. The summed E-state index contributed by atoms with van der Waals surface area (Å²) in [5, 5.41) is 0.615. The van der Waals surface area contributed by atoms with Crippen LogP contribution in [0.3, 0.4) is 0 Å². The maximum absolute atomic E-state index is 12.6. The van der Waals surface area contributed by atoms with E-state index >= 15 is 0 Å². The number of hydrogen-bond acceptors (Lipinski definition) is 2. The van der Waals surface area contributed by atoms with Crippen LogP contribution in [0.15, 0.2) is 40.9 Å². The fourth-order valence-corrected chi connectivity index (χ4v) is 4.19. The van der Waals surface area contributed by atoms with Gasteiger partial charge in [-0.3, -0.25) is 9.69 Å². The zero-order valence-corrected chi connectivity index (χ0v) is 13.5. The third kappa shape index (κ3) is 1.57. The molecule has 3 nitrogen and oxygen atoms in total. The molecule has 1 unspecified atom stereocenters. The third-order valence-electron chi connectivity index (χ3n) is 4.34. The van der Waals surface area contributed by atoms with Crippen LogP contribution in [0.4, 0.5) is 0 Å². The molecule has 1 atom stereocenters. The first-order chi connectivity index (χ1) is 10.0. The molecular formula is C16H11BrClNO2. The molecule has 0 N–H and O–H groups in total. The third-order valence-corrected chi connectivity index (χ3v) is 5.14. The lowest BCUT2D eigenvalue weighted by molar-refractivity contribution is 0.0272. The lowest BCUT2D eigenvalue weighted by Gasteiger charge is -2.41. The first kappa shape index (κ1) is 13.2. The zero-order chi connectivity index (χ0) is 14.8. The van der Waals surface area contributed by atoms with Gasteiger partial charge in [-0.1, -0.05) is 29.8 Å². The number of rotatable bonds is 0. The molecule has 5 heteroatoms. The minimum atomic E-state index is -0.547. The fourth-order valence-electron chi connectivity index (χ4n) is 3.26. The number of carbonyl (C=O) groups excluding carboxylic acids is 1. The average molecular weight is 365 g/mol. The smallest absolute Gasteiger partial charge is 0.257 e. The van der Waals surface area contributed by atoms with Crippen LogP contribution in [0, 0.1) is 0 Å². The summed E-state index contributed by atoms with van der Waals surface area (Å²) in [7, 11) is 0. The average Bonchev–Trinajstić information content (AvgIpc) is 2.69. The standard InChI is InChI=1S/C16H11BrClNO2/c1-16-11-5-3-2-4-10(11)15(20)19(16)8-21-14-12(16)6-9(18)7-13(14)17/h2-7H,8H2,1H3. The van der Waals surface area contributed by atoms with Crippen molar-refractivity contribution < 1.29 is 9.53 Å². The predicted octanol–water partition coefficient (Wildman–Crippen LogP) is 4.17. The predicted molar refractivity (Wildman–Crippen MR) is 83.7 cm³/mol. The highest BCUT2D eigenvalue weighted by Crippen LogP contribution is 2.51. The van der Waals surface area contributed by atoms with E-state index < -0.39 is 5.54 Å². The van der Waals surface area contributed by atoms with Gasteiger partial charge in [0.15, 0.2) is 6.73 Å². The van der Waals surface area contributed by atoms with Crippen LogP contribution < -0.4 is 4.74 Å². The van der Waals surface area contributed by atoms with E-state index in [0.717, 1.165) is 26.9 Å². The van der Waals surface area contributed by atoms with Crippen LogP contribution in [-0.4, -0.2) is 17.5 Å². The van der Waals surface area contributed by atoms with Gasteiger partial charge in [0.05, 0.1) is 10.0 Å². The second-order valence-electron chi connectivity index (χ2n) is 5.39. The van der Waals surface area contributed by atoms with E-state index in [1.54, 1.807) is 4.90 Å². The topological polar surface area (TPSA) is 29.5 Å². The van der Waals surface area contributed by atoms with Crippen molar-refractivity contribution in [2.24, 2.45) is 0 Å². The molecule has 0 aliphatic carbocycles. The molecule has 106 valence electrons. The number of halogens is 2. The molecule has 2 heterocycles. The van der Waals surface area contributed by atoms with Gasteiger partial charge in [-0.25, -0.2) is 0 Å². The van der Waals surface area contributed by atoms with E-state index in [1.165, 1.54) is 0 Å². The Kier molecular flexibility index (Phi) is 2.66. The zero-order valence-electron chi connectivity index (χ0n) is 11.2. The summed E-state index contributed by atoms with van der Waals surface area (Å²) in [6.45, 7) is 2.28. The molecule has 4 rings (SSSR count). The summed E-state index contributed by atoms with van der Waals surface area (Å²) in [6, 6.07) is 11.4. The summed E-state index contributed by atoms with van der Waals surface area (Å²) in [5.41, 5.74) is 2.09. The van der Waals surface area contributed by atoms with Crippen LogP contribution in [-0.2, 0) is 5.54 Å². The van der Waals surface area contributed by atoms with Gasteiger partial charge in [-0.15, -0.1) is 0 Å². The molecule has 0 radical (unpaired) electrons. The van der Waals surface area contributed by atoms with Gasteiger partial charge in [0, 0.05) is 16.1 Å².